The molecule has 0 atom stereocenters. The quantitative estimate of drug-likeness (QED) is 0.891. The highest BCUT2D eigenvalue weighted by molar-refractivity contribution is 6.42. The highest BCUT2D eigenvalue weighted by Gasteiger charge is 2.35. The summed E-state index contributed by atoms with van der Waals surface area (Å²) in [7, 11) is 0. The zero-order valence-electron chi connectivity index (χ0n) is 12.4. The van der Waals surface area contributed by atoms with Crippen LogP contribution in [0.1, 0.15) is 39.2 Å². The first-order valence-electron chi connectivity index (χ1n) is 7.11. The van der Waals surface area contributed by atoms with Gasteiger partial charge in [-0.05, 0) is 51.3 Å². The summed E-state index contributed by atoms with van der Waals surface area (Å²) in [6.45, 7) is 9.09. The first kappa shape index (κ1) is 16.1. The fourth-order valence-electron chi connectivity index (χ4n) is 2.59. The van der Waals surface area contributed by atoms with Gasteiger partial charge in [0.2, 0.25) is 0 Å². The smallest absolute Gasteiger partial charge is 0.0595 e. The van der Waals surface area contributed by atoms with Crippen LogP contribution in [0.5, 0.6) is 0 Å². The summed E-state index contributed by atoms with van der Waals surface area (Å²) < 4.78 is 5.55. The molecule has 1 N–H and O–H groups in total. The molecule has 0 unspecified atom stereocenters. The Labute approximate surface area is 131 Å². The lowest BCUT2D eigenvalue weighted by molar-refractivity contribution is 0.0476. The van der Waals surface area contributed by atoms with Gasteiger partial charge in [0.05, 0.1) is 10.0 Å². The summed E-state index contributed by atoms with van der Waals surface area (Å²) in [5.41, 5.74) is 1.44. The normalized spacial score (nSPS) is 19.1. The lowest BCUT2D eigenvalue weighted by Gasteiger charge is -2.40. The zero-order valence-corrected chi connectivity index (χ0v) is 13.9. The number of ether oxygens (including phenoxy) is 1. The van der Waals surface area contributed by atoms with Crippen LogP contribution in [0.2, 0.25) is 10.0 Å². The van der Waals surface area contributed by atoms with E-state index in [4.69, 9.17) is 27.9 Å². The lowest BCUT2D eigenvalue weighted by atomic mass is 9.73. The van der Waals surface area contributed by atoms with Gasteiger partial charge in [0.1, 0.15) is 0 Å². The predicted octanol–water partition coefficient (Wildman–Crippen LogP) is 4.43. The molecule has 0 saturated carbocycles. The van der Waals surface area contributed by atoms with Crippen molar-refractivity contribution >= 4 is 23.2 Å². The molecule has 1 saturated heterocycles. The van der Waals surface area contributed by atoms with Crippen molar-refractivity contribution in [1.29, 1.82) is 0 Å². The molecule has 0 aliphatic carbocycles. The summed E-state index contributed by atoms with van der Waals surface area (Å²) >= 11 is 12.2. The van der Waals surface area contributed by atoms with E-state index in [0.29, 0.717) is 10.0 Å². The Morgan fingerprint density at radius 2 is 1.80 bits per heavy atom. The van der Waals surface area contributed by atoms with Crippen LogP contribution in [0.3, 0.4) is 0 Å². The fourth-order valence-corrected chi connectivity index (χ4v) is 2.89. The molecule has 1 aliphatic rings. The van der Waals surface area contributed by atoms with Crippen molar-refractivity contribution in [2.75, 3.05) is 19.8 Å². The number of rotatable bonds is 3. The first-order chi connectivity index (χ1) is 9.32. The molecule has 1 aliphatic heterocycles. The topological polar surface area (TPSA) is 21.3 Å². The Morgan fingerprint density at radius 1 is 1.15 bits per heavy atom. The second-order valence-electron chi connectivity index (χ2n) is 6.63. The standard InChI is InChI=1S/C16H23Cl2NO/c1-15(2,3)19-11-16(6-8-20-9-7-16)12-4-5-13(17)14(18)10-12/h4-5,10,19H,6-9,11H2,1-3H3. The second kappa shape index (κ2) is 6.23. The Morgan fingerprint density at radius 3 is 2.35 bits per heavy atom. The second-order valence-corrected chi connectivity index (χ2v) is 7.44. The van der Waals surface area contributed by atoms with Gasteiger partial charge < -0.3 is 10.1 Å². The number of hydrogen-bond acceptors (Lipinski definition) is 2. The van der Waals surface area contributed by atoms with E-state index in [0.717, 1.165) is 32.6 Å². The minimum absolute atomic E-state index is 0.0831. The third-order valence-electron chi connectivity index (χ3n) is 3.94. The third kappa shape index (κ3) is 3.88. The molecule has 1 aromatic carbocycles. The first-order valence-corrected chi connectivity index (χ1v) is 7.86. The average molecular weight is 316 g/mol. The summed E-state index contributed by atoms with van der Waals surface area (Å²) in [6, 6.07) is 6.01. The number of hydrogen-bond donors (Lipinski definition) is 1. The van der Waals surface area contributed by atoms with E-state index in [9.17, 15) is 0 Å². The Bertz CT molecular complexity index is 462. The molecular weight excluding hydrogens is 293 g/mol. The minimum Gasteiger partial charge on any atom is -0.381 e. The average Bonchev–Trinajstić information content (AvgIpc) is 2.40. The van der Waals surface area contributed by atoms with E-state index in [2.05, 4.69) is 32.2 Å². The third-order valence-corrected chi connectivity index (χ3v) is 4.68. The lowest BCUT2D eigenvalue weighted by Crippen LogP contribution is -2.48. The molecule has 1 fully saturated rings. The molecule has 0 radical (unpaired) electrons. The monoisotopic (exact) mass is 315 g/mol. The van der Waals surface area contributed by atoms with E-state index < -0.39 is 0 Å². The van der Waals surface area contributed by atoms with E-state index in [1.165, 1.54) is 5.56 Å². The number of benzene rings is 1. The fraction of sp³-hybridized carbons (Fsp3) is 0.625. The molecule has 0 amide bonds. The number of halogens is 2. The van der Waals surface area contributed by atoms with E-state index in [1.54, 1.807) is 0 Å². The van der Waals surface area contributed by atoms with Crippen molar-refractivity contribution < 1.29 is 4.74 Å². The van der Waals surface area contributed by atoms with Gasteiger partial charge >= 0.3 is 0 Å². The number of nitrogens with one attached hydrogen (secondary N) is 1. The van der Waals surface area contributed by atoms with Gasteiger partial charge in [-0.25, -0.2) is 0 Å². The largest absolute Gasteiger partial charge is 0.381 e. The van der Waals surface area contributed by atoms with Gasteiger partial charge in [0.15, 0.2) is 0 Å². The van der Waals surface area contributed by atoms with Crippen LogP contribution in [0.15, 0.2) is 18.2 Å². The molecule has 2 nitrogen and oxygen atoms in total. The molecule has 0 spiro atoms. The highest BCUT2D eigenvalue weighted by Crippen LogP contribution is 2.37. The van der Waals surface area contributed by atoms with Crippen molar-refractivity contribution in [3.05, 3.63) is 33.8 Å². The van der Waals surface area contributed by atoms with Gasteiger partial charge in [-0.3, -0.25) is 0 Å². The van der Waals surface area contributed by atoms with Crippen molar-refractivity contribution in [3.63, 3.8) is 0 Å². The molecule has 0 aromatic heterocycles. The van der Waals surface area contributed by atoms with E-state index in [-0.39, 0.29) is 11.0 Å². The van der Waals surface area contributed by atoms with Crippen LogP contribution < -0.4 is 5.32 Å². The molecule has 2 rings (SSSR count). The summed E-state index contributed by atoms with van der Waals surface area (Å²) in [6.07, 6.45) is 2.02. The van der Waals surface area contributed by atoms with Crippen molar-refractivity contribution in [2.24, 2.45) is 0 Å². The van der Waals surface area contributed by atoms with Gasteiger partial charge in [0, 0.05) is 30.7 Å². The maximum absolute atomic E-state index is 6.20. The predicted molar refractivity (Wildman–Crippen MR) is 85.9 cm³/mol. The summed E-state index contributed by atoms with van der Waals surface area (Å²) in [4.78, 5) is 0. The molecule has 20 heavy (non-hydrogen) atoms. The Hall–Kier alpha value is -0.280. The van der Waals surface area contributed by atoms with Crippen LogP contribution >= 0.6 is 23.2 Å². The SMILES string of the molecule is CC(C)(C)NCC1(c2ccc(Cl)c(Cl)c2)CCOCC1. The maximum atomic E-state index is 6.20. The molecule has 1 heterocycles. The molecular formula is C16H23Cl2NO. The van der Waals surface area contributed by atoms with E-state index >= 15 is 0 Å². The van der Waals surface area contributed by atoms with Gasteiger partial charge in [-0.1, -0.05) is 29.3 Å². The highest BCUT2D eigenvalue weighted by atomic mass is 35.5. The van der Waals surface area contributed by atoms with Gasteiger partial charge in [0.25, 0.3) is 0 Å². The van der Waals surface area contributed by atoms with Crippen LogP contribution in [-0.2, 0) is 10.2 Å². The van der Waals surface area contributed by atoms with Crippen molar-refractivity contribution in [1.82, 2.24) is 5.32 Å². The Kier molecular flexibility index (Phi) is 5.01. The maximum Gasteiger partial charge on any atom is 0.0595 e. The zero-order chi connectivity index (χ0) is 14.8. The summed E-state index contributed by atoms with van der Waals surface area (Å²) in [5.74, 6) is 0. The van der Waals surface area contributed by atoms with Gasteiger partial charge in [-0.15, -0.1) is 0 Å². The molecule has 1 aromatic rings. The molecule has 0 bridgehead atoms. The Balaban J connectivity index is 2.28. The van der Waals surface area contributed by atoms with Crippen LogP contribution in [0, 0.1) is 0 Å². The van der Waals surface area contributed by atoms with Crippen LogP contribution in [-0.4, -0.2) is 25.3 Å². The van der Waals surface area contributed by atoms with Crippen molar-refractivity contribution in [3.8, 4) is 0 Å². The van der Waals surface area contributed by atoms with E-state index in [1.807, 2.05) is 12.1 Å². The van der Waals surface area contributed by atoms with Crippen LogP contribution in [0.4, 0.5) is 0 Å². The van der Waals surface area contributed by atoms with Crippen molar-refractivity contribution in [2.45, 2.75) is 44.6 Å². The molecule has 4 heteroatoms. The summed E-state index contributed by atoms with van der Waals surface area (Å²) in [5, 5.41) is 4.88. The van der Waals surface area contributed by atoms with Gasteiger partial charge in [-0.2, -0.15) is 0 Å². The van der Waals surface area contributed by atoms with Crippen LogP contribution in [0.25, 0.3) is 0 Å². The molecule has 112 valence electrons. The minimum atomic E-state index is 0.0831.